The highest BCUT2D eigenvalue weighted by atomic mass is 32.2. The van der Waals surface area contributed by atoms with Gasteiger partial charge in [-0.25, -0.2) is 4.79 Å². The number of nitrogens with one attached hydrogen (secondary N) is 1. The molecule has 10 heteroatoms. The van der Waals surface area contributed by atoms with Crippen LogP contribution in [0.15, 0.2) is 34.1 Å². The topological polar surface area (TPSA) is 111 Å². The zero-order valence-corrected chi connectivity index (χ0v) is 22.0. The number of imide groups is 1. The second-order valence-corrected chi connectivity index (χ2v) is 12.5. The van der Waals surface area contributed by atoms with Crippen LogP contribution >= 0.6 is 23.1 Å². The summed E-state index contributed by atoms with van der Waals surface area (Å²) in [6.45, 7) is 7.50. The molecule has 0 spiro atoms. The predicted molar refractivity (Wildman–Crippen MR) is 137 cm³/mol. The molecule has 8 atom stereocenters. The van der Waals surface area contributed by atoms with Gasteiger partial charge in [0.2, 0.25) is 11.8 Å². The molecule has 0 unspecified atom stereocenters. The molecule has 0 radical (unpaired) electrons. The first kappa shape index (κ1) is 23.8. The minimum Gasteiger partial charge on any atom is -0.480 e. The number of aromatic nitrogens is 1. The lowest BCUT2D eigenvalue weighted by molar-refractivity contribution is -0.154. The Morgan fingerprint density at radius 2 is 1.75 bits per heavy atom. The van der Waals surface area contributed by atoms with Gasteiger partial charge in [0, 0.05) is 34.8 Å². The van der Waals surface area contributed by atoms with Gasteiger partial charge < -0.3 is 15.0 Å². The third kappa shape index (κ3) is 3.19. The number of likely N-dealkylation sites (tertiary alicyclic amines) is 1. The van der Waals surface area contributed by atoms with Crippen LogP contribution in [-0.4, -0.2) is 57.2 Å². The molecule has 3 fully saturated rings. The van der Waals surface area contributed by atoms with E-state index in [2.05, 4.69) is 48.0 Å². The fraction of sp³-hybridized carbons (Fsp3) is 0.538. The third-order valence-electron chi connectivity index (χ3n) is 8.88. The lowest BCUT2D eigenvalue weighted by Crippen LogP contribution is -2.44. The molecule has 1 saturated heterocycles. The summed E-state index contributed by atoms with van der Waals surface area (Å²) < 4.78 is 0. The van der Waals surface area contributed by atoms with Gasteiger partial charge in [0.15, 0.2) is 0 Å². The van der Waals surface area contributed by atoms with Gasteiger partial charge in [-0.05, 0) is 62.6 Å². The summed E-state index contributed by atoms with van der Waals surface area (Å²) in [6, 6.07) is 7.38. The maximum Gasteiger partial charge on any atom is 0.326 e. The zero-order valence-electron chi connectivity index (χ0n) is 20.3. The Kier molecular flexibility index (Phi) is 5.60. The number of carbonyl (C=O) groups is 3. The Labute approximate surface area is 217 Å². The fourth-order valence-electron chi connectivity index (χ4n) is 7.39. The minimum absolute atomic E-state index is 0.00792. The molecule has 190 valence electrons. The second kappa shape index (κ2) is 8.48. The van der Waals surface area contributed by atoms with E-state index in [1.165, 1.54) is 18.3 Å². The van der Waals surface area contributed by atoms with Gasteiger partial charge in [-0.3, -0.25) is 19.3 Å². The summed E-state index contributed by atoms with van der Waals surface area (Å²) in [5, 5.41) is 10.5. The smallest absolute Gasteiger partial charge is 0.326 e. The van der Waals surface area contributed by atoms with Crippen LogP contribution in [0.3, 0.4) is 0 Å². The Balaban J connectivity index is 1.41. The number of carboxylic acids is 1. The first-order valence-electron chi connectivity index (χ1n) is 12.6. The molecule has 1 aromatic heterocycles. The second-order valence-electron chi connectivity index (χ2n) is 10.3. The molecule has 2 saturated carbocycles. The van der Waals surface area contributed by atoms with Crippen LogP contribution in [-0.2, 0) is 14.4 Å². The molecule has 36 heavy (non-hydrogen) atoms. The van der Waals surface area contributed by atoms with E-state index in [1.54, 1.807) is 11.8 Å². The summed E-state index contributed by atoms with van der Waals surface area (Å²) in [6.07, 6.45) is 0.789. The van der Waals surface area contributed by atoms with Crippen molar-refractivity contribution in [3.05, 3.63) is 44.4 Å². The van der Waals surface area contributed by atoms with Crippen LogP contribution in [0.1, 0.15) is 43.6 Å². The van der Waals surface area contributed by atoms with Gasteiger partial charge in [0.25, 0.3) is 0 Å². The molecule has 2 aromatic rings. The number of aromatic amines is 1. The van der Waals surface area contributed by atoms with Crippen molar-refractivity contribution in [1.82, 2.24) is 9.88 Å². The van der Waals surface area contributed by atoms with Crippen molar-refractivity contribution < 1.29 is 19.5 Å². The standard InChI is InChI=1S/C26H29N3O5S2/c1-4-28(5-2)13-8-6-12(7-9-13)16-17-14-10-15(20(17)35-22-21(16)36-26(34)27-22)19-18(14)23(30)29(24(19)31)11(3)25(32)33/h6-9,11,14-20H,4-5,10H2,1-3H3,(H,27,34)(H,32,33)/t11-,14-,15+,16+,17-,18+,19-,20-/m1/s1. The van der Waals surface area contributed by atoms with Crippen molar-refractivity contribution in [3.8, 4) is 0 Å². The number of aliphatic carboxylic acids is 1. The molecule has 2 bridgehead atoms. The number of nitrogens with zero attached hydrogens (tertiary/aromatic N) is 2. The molecule has 2 aliphatic heterocycles. The molecular formula is C26H29N3O5S2. The molecule has 4 aliphatic rings. The maximum atomic E-state index is 13.5. The summed E-state index contributed by atoms with van der Waals surface area (Å²) in [5.74, 6) is -2.72. The van der Waals surface area contributed by atoms with E-state index in [0.29, 0.717) is 0 Å². The van der Waals surface area contributed by atoms with Crippen LogP contribution in [0.5, 0.6) is 0 Å². The number of hydrogen-bond acceptors (Lipinski definition) is 7. The normalized spacial score (nSPS) is 32.9. The van der Waals surface area contributed by atoms with Gasteiger partial charge in [0.05, 0.1) is 16.9 Å². The zero-order chi connectivity index (χ0) is 25.5. The van der Waals surface area contributed by atoms with Crippen molar-refractivity contribution >= 4 is 46.6 Å². The Hall–Kier alpha value is -2.59. The lowest BCUT2D eigenvalue weighted by atomic mass is 9.68. The van der Waals surface area contributed by atoms with E-state index >= 15 is 0 Å². The monoisotopic (exact) mass is 527 g/mol. The number of carboxylic acid groups (broad SMARTS) is 1. The number of rotatable bonds is 6. The Bertz CT molecular complexity index is 1300. The molecule has 1 aromatic carbocycles. The van der Waals surface area contributed by atoms with Crippen LogP contribution in [0, 0.1) is 29.6 Å². The number of benzene rings is 1. The maximum absolute atomic E-state index is 13.5. The van der Waals surface area contributed by atoms with E-state index in [-0.39, 0.29) is 45.6 Å². The van der Waals surface area contributed by atoms with Crippen molar-refractivity contribution in [3.63, 3.8) is 0 Å². The quantitative estimate of drug-likeness (QED) is 0.555. The number of amides is 2. The van der Waals surface area contributed by atoms with Crippen molar-refractivity contribution in [2.45, 2.75) is 49.4 Å². The summed E-state index contributed by atoms with van der Waals surface area (Å²) in [7, 11) is 0. The highest BCUT2D eigenvalue weighted by Crippen LogP contribution is 2.68. The van der Waals surface area contributed by atoms with Gasteiger partial charge in [-0.15, -0.1) is 11.8 Å². The number of H-pyrrole nitrogens is 1. The van der Waals surface area contributed by atoms with Crippen molar-refractivity contribution in [2.75, 3.05) is 18.0 Å². The number of fused-ring (bicyclic) bond motifs is 9. The highest BCUT2D eigenvalue weighted by Gasteiger charge is 2.70. The lowest BCUT2D eigenvalue weighted by Gasteiger charge is -2.43. The number of anilines is 1. The van der Waals surface area contributed by atoms with Crippen LogP contribution in [0.25, 0.3) is 0 Å². The Morgan fingerprint density at radius 1 is 1.11 bits per heavy atom. The van der Waals surface area contributed by atoms with E-state index < -0.39 is 23.8 Å². The SMILES string of the molecule is CCN(CC)c1ccc([C@@H]2c3sc(=O)[nH]c3S[C@@H]3[C@H]4C[C@@H]([C@@H]5C(=O)N([C@H](C)C(=O)O)C(=O)[C@H]45)[C@H]23)cc1. The molecule has 2 amide bonds. The minimum atomic E-state index is -1.17. The molecule has 2 N–H and O–H groups in total. The van der Waals surface area contributed by atoms with E-state index in [9.17, 15) is 24.3 Å². The first-order chi connectivity index (χ1) is 17.3. The molecule has 2 aliphatic carbocycles. The van der Waals surface area contributed by atoms with Crippen LogP contribution in [0.2, 0.25) is 0 Å². The summed E-state index contributed by atoms with van der Waals surface area (Å²) in [4.78, 5) is 58.1. The number of thioether (sulfide) groups is 1. The third-order valence-corrected chi connectivity index (χ3v) is 11.5. The van der Waals surface area contributed by atoms with E-state index in [4.69, 9.17) is 0 Å². The fourth-order valence-corrected chi connectivity index (χ4v) is 10.3. The summed E-state index contributed by atoms with van der Waals surface area (Å²) in [5.41, 5.74) is 2.27. The average molecular weight is 528 g/mol. The number of thiazole rings is 1. The summed E-state index contributed by atoms with van der Waals surface area (Å²) >= 11 is 2.88. The molecule has 8 nitrogen and oxygen atoms in total. The van der Waals surface area contributed by atoms with E-state index in [0.717, 1.165) is 45.6 Å². The molecule has 3 heterocycles. The molecular weight excluding hydrogens is 498 g/mol. The van der Waals surface area contributed by atoms with Gasteiger partial charge in [-0.1, -0.05) is 23.5 Å². The van der Waals surface area contributed by atoms with Gasteiger partial charge >= 0.3 is 10.8 Å². The van der Waals surface area contributed by atoms with Crippen LogP contribution in [0.4, 0.5) is 5.69 Å². The van der Waals surface area contributed by atoms with Gasteiger partial charge in [0.1, 0.15) is 6.04 Å². The average Bonchev–Trinajstić information content (AvgIpc) is 3.58. The first-order valence-corrected chi connectivity index (χ1v) is 14.3. The van der Waals surface area contributed by atoms with E-state index in [1.807, 2.05) is 0 Å². The predicted octanol–water partition coefficient (Wildman–Crippen LogP) is 3.23. The van der Waals surface area contributed by atoms with Crippen LogP contribution < -0.4 is 9.77 Å². The highest BCUT2D eigenvalue weighted by molar-refractivity contribution is 8.00. The largest absolute Gasteiger partial charge is 0.480 e. The Morgan fingerprint density at radius 3 is 2.36 bits per heavy atom. The van der Waals surface area contributed by atoms with Crippen molar-refractivity contribution in [1.29, 1.82) is 0 Å². The molecule has 6 rings (SSSR count). The van der Waals surface area contributed by atoms with Crippen molar-refractivity contribution in [2.24, 2.45) is 29.6 Å². The number of hydrogen-bond donors (Lipinski definition) is 2. The van der Waals surface area contributed by atoms with Gasteiger partial charge in [-0.2, -0.15) is 0 Å². The number of carbonyl (C=O) groups excluding carboxylic acids is 2.